The smallest absolute Gasteiger partial charge is 0.328 e. The van der Waals surface area contributed by atoms with Gasteiger partial charge in [0.2, 0.25) is 5.28 Å². The van der Waals surface area contributed by atoms with Crippen LogP contribution in [0.15, 0.2) is 64.6 Å². The normalized spacial score (nSPS) is 11.0. The van der Waals surface area contributed by atoms with Gasteiger partial charge < -0.3 is 4.57 Å². The van der Waals surface area contributed by atoms with Gasteiger partial charge in [-0.25, -0.2) is 19.3 Å². The molecule has 134 valence electrons. The minimum Gasteiger partial charge on any atom is -0.328 e. The topological polar surface area (TPSA) is 82.7 Å². The molecule has 1 aromatic carbocycles. The average molecular weight is 400 g/mol. The summed E-state index contributed by atoms with van der Waals surface area (Å²) >= 11 is 11.6. The third kappa shape index (κ3) is 3.34. The van der Waals surface area contributed by atoms with Crippen LogP contribution in [0.3, 0.4) is 0 Å². The first-order chi connectivity index (χ1) is 13.0. The molecule has 27 heavy (non-hydrogen) atoms. The van der Waals surface area contributed by atoms with Crippen molar-refractivity contribution in [2.45, 2.75) is 6.54 Å². The zero-order valence-electron chi connectivity index (χ0n) is 13.7. The molecule has 0 saturated heterocycles. The fraction of sp³-hybridized carbons (Fsp3) is 0.0556. The van der Waals surface area contributed by atoms with E-state index in [4.69, 9.17) is 23.2 Å². The predicted molar refractivity (Wildman–Crippen MR) is 102 cm³/mol. The summed E-state index contributed by atoms with van der Waals surface area (Å²) in [5, 5.41) is 0.656. The minimum atomic E-state index is -0.665. The van der Waals surface area contributed by atoms with Gasteiger partial charge in [0.05, 0.1) is 17.8 Å². The number of halogens is 2. The first-order valence-electron chi connectivity index (χ1n) is 7.87. The van der Waals surface area contributed by atoms with Crippen molar-refractivity contribution in [3.8, 4) is 17.1 Å². The van der Waals surface area contributed by atoms with Crippen LogP contribution in [0.4, 0.5) is 0 Å². The maximum absolute atomic E-state index is 12.9. The summed E-state index contributed by atoms with van der Waals surface area (Å²) in [5.41, 5.74) is 0.372. The summed E-state index contributed by atoms with van der Waals surface area (Å²) in [6, 6.07) is 9.77. The molecule has 0 spiro atoms. The Labute approximate surface area is 162 Å². The van der Waals surface area contributed by atoms with E-state index >= 15 is 0 Å². The predicted octanol–water partition coefficient (Wildman–Crippen LogP) is 2.64. The zero-order valence-corrected chi connectivity index (χ0v) is 15.2. The number of hydrogen-bond acceptors (Lipinski definition) is 5. The molecule has 3 heterocycles. The lowest BCUT2D eigenvalue weighted by Crippen LogP contribution is -2.36. The number of nitrogens with zero attached hydrogens (tertiary/aromatic N) is 5. The quantitative estimate of drug-likeness (QED) is 0.494. The summed E-state index contributed by atoms with van der Waals surface area (Å²) in [6.07, 6.45) is 4.89. The SMILES string of the molecule is O=c1nc2n(Cc3cnc(Cl)nc3)cccc-2c(=O)n1-c1ccc(Cl)cc1. The fourth-order valence-corrected chi connectivity index (χ4v) is 2.97. The van der Waals surface area contributed by atoms with Crippen molar-refractivity contribution in [2.24, 2.45) is 0 Å². The lowest BCUT2D eigenvalue weighted by atomic mass is 10.2. The van der Waals surface area contributed by atoms with Crippen molar-refractivity contribution in [1.29, 1.82) is 0 Å². The number of pyridine rings is 1. The molecule has 1 aromatic heterocycles. The van der Waals surface area contributed by atoms with Gasteiger partial charge in [0.15, 0.2) is 5.82 Å². The van der Waals surface area contributed by atoms with Crippen LogP contribution in [0.1, 0.15) is 5.56 Å². The molecule has 0 atom stereocenters. The van der Waals surface area contributed by atoms with Crippen LogP contribution in [0.5, 0.6) is 0 Å². The van der Waals surface area contributed by atoms with E-state index in [-0.39, 0.29) is 11.1 Å². The van der Waals surface area contributed by atoms with E-state index < -0.39 is 11.2 Å². The van der Waals surface area contributed by atoms with Gasteiger partial charge in [-0.05, 0) is 48.0 Å². The molecule has 2 aliphatic heterocycles. The van der Waals surface area contributed by atoms with E-state index in [2.05, 4.69) is 15.0 Å². The molecule has 0 radical (unpaired) electrons. The summed E-state index contributed by atoms with van der Waals surface area (Å²) < 4.78 is 2.71. The van der Waals surface area contributed by atoms with Gasteiger partial charge in [-0.1, -0.05) is 11.6 Å². The van der Waals surface area contributed by atoms with E-state index in [1.807, 2.05) is 0 Å². The van der Waals surface area contributed by atoms with Gasteiger partial charge in [-0.3, -0.25) is 4.79 Å². The number of benzene rings is 1. The summed E-state index contributed by atoms with van der Waals surface area (Å²) in [4.78, 5) is 37.5. The lowest BCUT2D eigenvalue weighted by Gasteiger charge is -2.15. The van der Waals surface area contributed by atoms with Crippen molar-refractivity contribution in [3.05, 3.63) is 91.7 Å². The molecule has 0 N–H and O–H groups in total. The number of aromatic nitrogens is 5. The highest BCUT2D eigenvalue weighted by Crippen LogP contribution is 2.17. The second kappa shape index (κ2) is 6.94. The highest BCUT2D eigenvalue weighted by Gasteiger charge is 2.18. The van der Waals surface area contributed by atoms with Crippen molar-refractivity contribution in [2.75, 3.05) is 0 Å². The fourth-order valence-electron chi connectivity index (χ4n) is 2.75. The van der Waals surface area contributed by atoms with Gasteiger partial charge in [0.25, 0.3) is 5.56 Å². The second-order valence-corrected chi connectivity index (χ2v) is 6.52. The van der Waals surface area contributed by atoms with Gasteiger partial charge >= 0.3 is 5.69 Å². The third-order valence-electron chi connectivity index (χ3n) is 3.98. The Hall–Kier alpha value is -3.03. The molecule has 0 saturated carbocycles. The lowest BCUT2D eigenvalue weighted by molar-refractivity contribution is 0.747. The Morgan fingerprint density at radius 2 is 1.67 bits per heavy atom. The molecular weight excluding hydrogens is 389 g/mol. The Balaban J connectivity index is 1.85. The molecule has 9 heteroatoms. The maximum atomic E-state index is 12.9. The summed E-state index contributed by atoms with van der Waals surface area (Å²) in [7, 11) is 0. The van der Waals surface area contributed by atoms with Crippen molar-refractivity contribution < 1.29 is 0 Å². The Morgan fingerprint density at radius 1 is 0.963 bits per heavy atom. The van der Waals surface area contributed by atoms with Crippen molar-refractivity contribution >= 4 is 23.2 Å². The van der Waals surface area contributed by atoms with Crippen LogP contribution in [0, 0.1) is 0 Å². The van der Waals surface area contributed by atoms with Crippen LogP contribution in [-0.2, 0) is 6.54 Å². The molecule has 0 unspecified atom stereocenters. The molecule has 2 aromatic rings. The molecule has 7 nitrogen and oxygen atoms in total. The first-order valence-corrected chi connectivity index (χ1v) is 8.63. The van der Waals surface area contributed by atoms with E-state index in [1.54, 1.807) is 59.6 Å². The summed E-state index contributed by atoms with van der Waals surface area (Å²) in [6.45, 7) is 0.339. The Kier molecular flexibility index (Phi) is 4.47. The van der Waals surface area contributed by atoms with E-state index in [1.165, 1.54) is 0 Å². The minimum absolute atomic E-state index is 0.146. The molecule has 2 aliphatic rings. The standard InChI is InChI=1S/C18H11Cl2N5O2/c19-12-3-5-13(6-4-12)25-16(26)14-2-1-7-24(15(14)23-18(25)27)10-11-8-21-17(20)22-9-11/h1-9H,10H2. The number of hydrogen-bond donors (Lipinski definition) is 0. The molecule has 0 bridgehead atoms. The van der Waals surface area contributed by atoms with E-state index in [9.17, 15) is 9.59 Å². The molecule has 0 aliphatic carbocycles. The van der Waals surface area contributed by atoms with Crippen LogP contribution < -0.4 is 11.2 Å². The van der Waals surface area contributed by atoms with Crippen molar-refractivity contribution in [1.82, 2.24) is 24.1 Å². The van der Waals surface area contributed by atoms with E-state index in [0.717, 1.165) is 10.1 Å². The Bertz CT molecular complexity index is 1200. The van der Waals surface area contributed by atoms with Crippen LogP contribution >= 0.6 is 23.2 Å². The molecule has 0 amide bonds. The van der Waals surface area contributed by atoms with Gasteiger partial charge in [-0.2, -0.15) is 4.98 Å². The first kappa shape index (κ1) is 17.4. The number of rotatable bonds is 3. The van der Waals surface area contributed by atoms with Gasteiger partial charge in [0, 0.05) is 29.2 Å². The highest BCUT2D eigenvalue weighted by atomic mass is 35.5. The largest absolute Gasteiger partial charge is 0.357 e. The zero-order chi connectivity index (χ0) is 19.0. The Morgan fingerprint density at radius 3 is 2.37 bits per heavy atom. The van der Waals surface area contributed by atoms with Crippen LogP contribution in [0.2, 0.25) is 10.3 Å². The monoisotopic (exact) mass is 399 g/mol. The number of fused-ring (bicyclic) bond motifs is 1. The molecular formula is C18H11Cl2N5O2. The van der Waals surface area contributed by atoms with Crippen LogP contribution in [-0.4, -0.2) is 24.1 Å². The maximum Gasteiger partial charge on any atom is 0.357 e. The average Bonchev–Trinajstić information content (AvgIpc) is 2.66. The van der Waals surface area contributed by atoms with Gasteiger partial charge in [-0.15, -0.1) is 0 Å². The summed E-state index contributed by atoms with van der Waals surface area (Å²) in [5.74, 6) is 0.285. The second-order valence-electron chi connectivity index (χ2n) is 5.75. The van der Waals surface area contributed by atoms with Crippen molar-refractivity contribution in [3.63, 3.8) is 0 Å². The van der Waals surface area contributed by atoms with Crippen LogP contribution in [0.25, 0.3) is 17.1 Å². The third-order valence-corrected chi connectivity index (χ3v) is 4.43. The molecule has 4 rings (SSSR count). The molecule has 0 fully saturated rings. The van der Waals surface area contributed by atoms with E-state index in [0.29, 0.717) is 22.8 Å². The highest BCUT2D eigenvalue weighted by molar-refractivity contribution is 6.30. The van der Waals surface area contributed by atoms with Gasteiger partial charge in [0.1, 0.15) is 0 Å².